The van der Waals surface area contributed by atoms with E-state index in [2.05, 4.69) is 11.9 Å². The van der Waals surface area contributed by atoms with Crippen LogP contribution in [0, 0.1) is 5.92 Å². The molecule has 1 aliphatic rings. The fourth-order valence-electron chi connectivity index (χ4n) is 2.74. The minimum absolute atomic E-state index is 0.457. The molecular formula is C16H23Cl2NO2. The second-order valence-corrected chi connectivity index (χ2v) is 6.55. The molecule has 0 bridgehead atoms. The van der Waals surface area contributed by atoms with Crippen LogP contribution in [0.4, 0.5) is 0 Å². The maximum absolute atomic E-state index is 10.3. The minimum Gasteiger partial charge on any atom is -0.388 e. The van der Waals surface area contributed by atoms with E-state index in [4.69, 9.17) is 27.9 Å². The third-order valence-electron chi connectivity index (χ3n) is 4.04. The Morgan fingerprint density at radius 2 is 2.05 bits per heavy atom. The molecule has 0 spiro atoms. The van der Waals surface area contributed by atoms with E-state index in [1.807, 2.05) is 12.1 Å². The molecule has 1 aliphatic heterocycles. The van der Waals surface area contributed by atoms with E-state index >= 15 is 0 Å². The summed E-state index contributed by atoms with van der Waals surface area (Å²) in [6.07, 6.45) is 2.34. The van der Waals surface area contributed by atoms with Crippen molar-refractivity contribution < 1.29 is 9.84 Å². The van der Waals surface area contributed by atoms with Gasteiger partial charge in [0.05, 0.1) is 16.1 Å². The van der Waals surface area contributed by atoms with Crippen LogP contribution in [0.25, 0.3) is 0 Å². The lowest BCUT2D eigenvalue weighted by Crippen LogP contribution is -2.30. The van der Waals surface area contributed by atoms with Gasteiger partial charge >= 0.3 is 0 Å². The summed E-state index contributed by atoms with van der Waals surface area (Å²) in [5, 5.41) is 11.2. The lowest BCUT2D eigenvalue weighted by atomic mass is 9.99. The zero-order chi connectivity index (χ0) is 15.2. The number of nitrogens with zero attached hydrogens (tertiary/aromatic N) is 1. The van der Waals surface area contributed by atoms with Crippen molar-refractivity contribution in [3.63, 3.8) is 0 Å². The second-order valence-electron chi connectivity index (χ2n) is 5.77. The largest absolute Gasteiger partial charge is 0.388 e. The molecule has 1 N–H and O–H groups in total. The van der Waals surface area contributed by atoms with Gasteiger partial charge in [0.25, 0.3) is 0 Å². The third kappa shape index (κ3) is 5.11. The maximum Gasteiger partial charge on any atom is 0.0817 e. The van der Waals surface area contributed by atoms with Crippen molar-refractivity contribution in [2.75, 3.05) is 33.4 Å². The average molecular weight is 332 g/mol. The number of halogens is 2. The average Bonchev–Trinajstić information content (AvgIpc) is 2.48. The van der Waals surface area contributed by atoms with Gasteiger partial charge in [-0.3, -0.25) is 0 Å². The van der Waals surface area contributed by atoms with Crippen LogP contribution in [0.5, 0.6) is 0 Å². The Morgan fingerprint density at radius 3 is 2.76 bits per heavy atom. The molecule has 0 radical (unpaired) electrons. The van der Waals surface area contributed by atoms with Gasteiger partial charge in [-0.25, -0.2) is 0 Å². The van der Waals surface area contributed by atoms with Gasteiger partial charge in [0.15, 0.2) is 0 Å². The Kier molecular flexibility index (Phi) is 6.77. The predicted molar refractivity (Wildman–Crippen MR) is 87.1 cm³/mol. The van der Waals surface area contributed by atoms with Gasteiger partial charge in [0.1, 0.15) is 0 Å². The molecule has 1 atom stereocenters. The van der Waals surface area contributed by atoms with E-state index in [9.17, 15) is 5.11 Å². The quantitative estimate of drug-likeness (QED) is 0.861. The van der Waals surface area contributed by atoms with Gasteiger partial charge in [-0.05, 0) is 38.3 Å². The molecule has 0 saturated carbocycles. The van der Waals surface area contributed by atoms with Crippen LogP contribution in [0.15, 0.2) is 18.2 Å². The fraction of sp³-hybridized carbons (Fsp3) is 0.625. The Hall–Kier alpha value is -0.320. The predicted octanol–water partition coefficient (Wildman–Crippen LogP) is 3.78. The number of benzene rings is 1. The highest BCUT2D eigenvalue weighted by Crippen LogP contribution is 2.31. The first-order valence-corrected chi connectivity index (χ1v) is 8.21. The number of aliphatic hydroxyl groups is 1. The highest BCUT2D eigenvalue weighted by Gasteiger charge is 2.18. The van der Waals surface area contributed by atoms with Crippen LogP contribution in [-0.4, -0.2) is 43.4 Å². The molecule has 118 valence electrons. The monoisotopic (exact) mass is 331 g/mol. The van der Waals surface area contributed by atoms with Gasteiger partial charge < -0.3 is 14.7 Å². The maximum atomic E-state index is 10.3. The van der Waals surface area contributed by atoms with Crippen molar-refractivity contribution in [3.8, 4) is 0 Å². The zero-order valence-corrected chi connectivity index (χ0v) is 13.9. The van der Waals surface area contributed by atoms with Crippen LogP contribution < -0.4 is 0 Å². The number of hydrogen-bond donors (Lipinski definition) is 1. The van der Waals surface area contributed by atoms with E-state index in [1.54, 1.807) is 6.07 Å². The van der Waals surface area contributed by atoms with Crippen LogP contribution in [0.1, 0.15) is 30.9 Å². The molecular weight excluding hydrogens is 309 g/mol. The van der Waals surface area contributed by atoms with E-state index in [-0.39, 0.29) is 0 Å². The Labute approximate surface area is 136 Å². The van der Waals surface area contributed by atoms with Gasteiger partial charge in [-0.2, -0.15) is 0 Å². The third-order valence-corrected chi connectivity index (χ3v) is 4.87. The molecule has 0 aromatic heterocycles. The van der Waals surface area contributed by atoms with E-state index < -0.39 is 6.10 Å². The van der Waals surface area contributed by atoms with Gasteiger partial charge in [0.2, 0.25) is 0 Å². The lowest BCUT2D eigenvalue weighted by Gasteiger charge is -2.27. The molecule has 0 aliphatic carbocycles. The van der Waals surface area contributed by atoms with Gasteiger partial charge in [-0.15, -0.1) is 0 Å². The molecule has 1 aromatic rings. The lowest BCUT2D eigenvalue weighted by molar-refractivity contribution is 0.0534. The topological polar surface area (TPSA) is 32.7 Å². The first-order chi connectivity index (χ1) is 10.1. The number of ether oxygens (including phenoxy) is 1. The SMILES string of the molecule is CN(CCC(O)c1cccc(Cl)c1Cl)CC1CCOCC1. The molecule has 0 amide bonds. The highest BCUT2D eigenvalue weighted by atomic mass is 35.5. The second kappa shape index (κ2) is 8.35. The molecule has 1 saturated heterocycles. The first kappa shape index (κ1) is 17.0. The molecule has 1 fully saturated rings. The molecule has 1 aromatic carbocycles. The van der Waals surface area contributed by atoms with Gasteiger partial charge in [-0.1, -0.05) is 35.3 Å². The van der Waals surface area contributed by atoms with E-state index in [0.717, 1.165) is 39.1 Å². The summed E-state index contributed by atoms with van der Waals surface area (Å²) in [5.74, 6) is 0.704. The standard InChI is InChI=1S/C16H23Cl2NO2/c1-19(11-12-6-9-21-10-7-12)8-5-15(20)13-3-2-4-14(17)16(13)18/h2-4,12,15,20H,5-11H2,1H3. The summed E-state index contributed by atoms with van der Waals surface area (Å²) in [4.78, 5) is 2.28. The van der Waals surface area contributed by atoms with Crippen molar-refractivity contribution in [1.82, 2.24) is 4.90 Å². The summed E-state index contributed by atoms with van der Waals surface area (Å²) in [7, 11) is 2.10. The fourth-order valence-corrected chi connectivity index (χ4v) is 3.17. The van der Waals surface area contributed by atoms with Crippen LogP contribution >= 0.6 is 23.2 Å². The minimum atomic E-state index is -0.576. The van der Waals surface area contributed by atoms with Crippen molar-refractivity contribution in [1.29, 1.82) is 0 Å². The number of hydrogen-bond acceptors (Lipinski definition) is 3. The van der Waals surface area contributed by atoms with Crippen molar-refractivity contribution in [3.05, 3.63) is 33.8 Å². The number of aliphatic hydroxyl groups excluding tert-OH is 1. The van der Waals surface area contributed by atoms with Crippen molar-refractivity contribution >= 4 is 23.2 Å². The molecule has 5 heteroatoms. The summed E-state index contributed by atoms with van der Waals surface area (Å²) in [5.41, 5.74) is 0.712. The summed E-state index contributed by atoms with van der Waals surface area (Å²) >= 11 is 12.1. The summed E-state index contributed by atoms with van der Waals surface area (Å²) < 4.78 is 5.38. The van der Waals surface area contributed by atoms with Gasteiger partial charge in [0, 0.05) is 31.9 Å². The molecule has 1 heterocycles. The molecule has 2 rings (SSSR count). The van der Waals surface area contributed by atoms with Crippen LogP contribution in [0.2, 0.25) is 10.0 Å². The number of rotatable bonds is 6. The molecule has 3 nitrogen and oxygen atoms in total. The smallest absolute Gasteiger partial charge is 0.0817 e. The van der Waals surface area contributed by atoms with Crippen molar-refractivity contribution in [2.24, 2.45) is 5.92 Å². The Balaban J connectivity index is 1.80. The van der Waals surface area contributed by atoms with Crippen molar-refractivity contribution in [2.45, 2.75) is 25.4 Å². The highest BCUT2D eigenvalue weighted by molar-refractivity contribution is 6.42. The normalized spacial score (nSPS) is 18.1. The van der Waals surface area contributed by atoms with Crippen LogP contribution in [-0.2, 0) is 4.74 Å². The first-order valence-electron chi connectivity index (χ1n) is 7.46. The molecule has 21 heavy (non-hydrogen) atoms. The van der Waals surface area contributed by atoms with E-state index in [1.165, 1.54) is 0 Å². The van der Waals surface area contributed by atoms with Crippen LogP contribution in [0.3, 0.4) is 0 Å². The molecule has 1 unspecified atom stereocenters. The Bertz CT molecular complexity index is 450. The summed E-state index contributed by atoms with van der Waals surface area (Å²) in [6, 6.07) is 5.38. The van der Waals surface area contributed by atoms with E-state index in [0.29, 0.717) is 27.9 Å². The zero-order valence-electron chi connectivity index (χ0n) is 12.4. The summed E-state index contributed by atoms with van der Waals surface area (Å²) in [6.45, 7) is 3.64. The Morgan fingerprint density at radius 1 is 1.33 bits per heavy atom.